The van der Waals surface area contributed by atoms with E-state index in [-0.39, 0.29) is 0 Å². The molecule has 0 aliphatic carbocycles. The Balaban J connectivity index is 1.17. The Labute approximate surface area is 375 Å². The van der Waals surface area contributed by atoms with Gasteiger partial charge in [-0.15, -0.1) is 0 Å². The van der Waals surface area contributed by atoms with Gasteiger partial charge in [-0.1, -0.05) is 200 Å². The fourth-order valence-corrected chi connectivity index (χ4v) is 9.98. The van der Waals surface area contributed by atoms with Crippen molar-refractivity contribution in [1.29, 1.82) is 0 Å². The Morgan fingerprint density at radius 2 is 0.708 bits per heavy atom. The molecule has 302 valence electrons. The minimum absolute atomic E-state index is 0.603. The number of benzene rings is 11. The van der Waals surface area contributed by atoms with Crippen LogP contribution in [0.3, 0.4) is 0 Å². The Kier molecular flexibility index (Phi) is 8.50. The first-order chi connectivity index (χ1) is 32.2. The van der Waals surface area contributed by atoms with Gasteiger partial charge >= 0.3 is 0 Å². The molecular formula is C61H38N4. The van der Waals surface area contributed by atoms with E-state index in [0.29, 0.717) is 17.5 Å². The minimum atomic E-state index is 0.603. The second-order valence-electron chi connectivity index (χ2n) is 16.7. The summed E-state index contributed by atoms with van der Waals surface area (Å²) in [5, 5.41) is 11.8. The van der Waals surface area contributed by atoms with E-state index in [9.17, 15) is 0 Å². The molecule has 2 aromatic heterocycles. The smallest absolute Gasteiger partial charge is 0.164 e. The third-order valence-electron chi connectivity index (χ3n) is 13.0. The first kappa shape index (κ1) is 36.9. The maximum Gasteiger partial charge on any atom is 0.164 e. The van der Waals surface area contributed by atoms with Gasteiger partial charge in [-0.05, 0) is 84.5 Å². The summed E-state index contributed by atoms with van der Waals surface area (Å²) in [6.45, 7) is 0. The van der Waals surface area contributed by atoms with Gasteiger partial charge in [0.05, 0.1) is 16.7 Å². The van der Waals surface area contributed by atoms with Crippen LogP contribution in [0.15, 0.2) is 231 Å². The van der Waals surface area contributed by atoms with Crippen LogP contribution in [-0.4, -0.2) is 19.5 Å². The Hall–Kier alpha value is -8.73. The maximum atomic E-state index is 5.43. The summed E-state index contributed by atoms with van der Waals surface area (Å²) in [6, 6.07) is 82.5. The molecule has 0 bridgehead atoms. The molecule has 0 saturated heterocycles. The number of hydrogen-bond acceptors (Lipinski definition) is 3. The van der Waals surface area contributed by atoms with E-state index < -0.39 is 0 Å². The topological polar surface area (TPSA) is 43.6 Å². The van der Waals surface area contributed by atoms with Gasteiger partial charge < -0.3 is 4.57 Å². The first-order valence-corrected chi connectivity index (χ1v) is 22.1. The molecule has 0 unspecified atom stereocenters. The molecule has 0 amide bonds. The Morgan fingerprint density at radius 1 is 0.262 bits per heavy atom. The molecule has 4 heteroatoms. The molecule has 13 rings (SSSR count). The molecule has 0 radical (unpaired) electrons. The number of aromatic nitrogens is 4. The van der Waals surface area contributed by atoms with Gasteiger partial charge in [-0.25, -0.2) is 15.0 Å². The van der Waals surface area contributed by atoms with E-state index in [0.717, 1.165) is 77.2 Å². The molecular weight excluding hydrogens is 789 g/mol. The fourth-order valence-electron chi connectivity index (χ4n) is 9.98. The third-order valence-corrected chi connectivity index (χ3v) is 13.0. The van der Waals surface area contributed by atoms with Crippen molar-refractivity contribution in [2.75, 3.05) is 0 Å². The highest BCUT2D eigenvalue weighted by molar-refractivity contribution is 6.24. The predicted molar refractivity (Wildman–Crippen MR) is 271 cm³/mol. The second kappa shape index (κ2) is 15.0. The Bertz CT molecular complexity index is 3830. The molecule has 0 fully saturated rings. The normalized spacial score (nSPS) is 11.7. The average molecular weight is 827 g/mol. The molecule has 0 saturated carbocycles. The number of nitrogens with zero attached hydrogens (tertiary/aromatic N) is 4. The summed E-state index contributed by atoms with van der Waals surface area (Å²) in [5.74, 6) is 1.86. The zero-order valence-corrected chi connectivity index (χ0v) is 35.2. The maximum absolute atomic E-state index is 5.43. The molecule has 0 aliphatic heterocycles. The zero-order chi connectivity index (χ0) is 42.8. The molecule has 0 aliphatic rings. The van der Waals surface area contributed by atoms with E-state index in [1.165, 1.54) is 32.3 Å². The minimum Gasteiger partial charge on any atom is -0.308 e. The van der Waals surface area contributed by atoms with Crippen LogP contribution in [0.2, 0.25) is 0 Å². The van der Waals surface area contributed by atoms with Crippen LogP contribution in [0, 0.1) is 0 Å². The van der Waals surface area contributed by atoms with Crippen molar-refractivity contribution in [3.63, 3.8) is 0 Å². The molecule has 4 nitrogen and oxygen atoms in total. The van der Waals surface area contributed by atoms with E-state index >= 15 is 0 Å². The van der Waals surface area contributed by atoms with Gasteiger partial charge in [-0.2, -0.15) is 0 Å². The van der Waals surface area contributed by atoms with Gasteiger partial charge in [0.15, 0.2) is 17.5 Å². The van der Waals surface area contributed by atoms with Crippen LogP contribution in [0.1, 0.15) is 0 Å². The highest BCUT2D eigenvalue weighted by Crippen LogP contribution is 2.46. The summed E-state index contributed by atoms with van der Waals surface area (Å²) < 4.78 is 2.51. The lowest BCUT2D eigenvalue weighted by molar-refractivity contribution is 1.08. The molecule has 0 atom stereocenters. The van der Waals surface area contributed by atoms with Crippen LogP contribution < -0.4 is 0 Å². The van der Waals surface area contributed by atoms with Crippen molar-refractivity contribution in [3.05, 3.63) is 231 Å². The summed E-state index contributed by atoms with van der Waals surface area (Å²) in [4.78, 5) is 16.2. The quantitative estimate of drug-likeness (QED) is 0.168. The van der Waals surface area contributed by atoms with E-state index in [4.69, 9.17) is 15.0 Å². The molecule has 0 spiro atoms. The monoisotopic (exact) mass is 826 g/mol. The largest absolute Gasteiger partial charge is 0.308 e. The van der Waals surface area contributed by atoms with Crippen LogP contribution in [-0.2, 0) is 0 Å². The van der Waals surface area contributed by atoms with E-state index in [1.54, 1.807) is 0 Å². The van der Waals surface area contributed by atoms with E-state index in [2.05, 4.69) is 235 Å². The number of hydrogen-bond donors (Lipinski definition) is 0. The fraction of sp³-hybridized carbons (Fsp3) is 0. The van der Waals surface area contributed by atoms with Crippen LogP contribution in [0.25, 0.3) is 127 Å². The van der Waals surface area contributed by atoms with Gasteiger partial charge in [0, 0.05) is 38.6 Å². The van der Waals surface area contributed by atoms with Crippen molar-refractivity contribution in [2.24, 2.45) is 0 Å². The van der Waals surface area contributed by atoms with Crippen molar-refractivity contribution < 1.29 is 0 Å². The van der Waals surface area contributed by atoms with Crippen LogP contribution in [0.5, 0.6) is 0 Å². The lowest BCUT2D eigenvalue weighted by Crippen LogP contribution is -2.04. The van der Waals surface area contributed by atoms with Crippen LogP contribution >= 0.6 is 0 Å². The molecule has 11 aromatic carbocycles. The number of rotatable bonds is 6. The summed E-state index contributed by atoms with van der Waals surface area (Å²) >= 11 is 0. The highest BCUT2D eigenvalue weighted by atomic mass is 15.0. The number of fused-ring (bicyclic) bond motifs is 8. The third kappa shape index (κ3) is 6.11. The Morgan fingerprint density at radius 3 is 1.28 bits per heavy atom. The lowest BCUT2D eigenvalue weighted by atomic mass is 9.92. The standard InChI is InChI=1S/C61H38N4/c1-3-17-41(18-4-1)52-36-46(59-62-60(50-31-15-26-39-21-9-12-28-47(39)50)64-61(63-59)51-32-16-27-40-22-10-13-29-48(40)51)37-53(42-19-5-2-6-20-42)58(52)65-55-34-33-43-23-11-14-30-49(43)57(55)54-35-44-24-7-8-25-45(44)38-56(54)65/h1-38H. The molecule has 65 heavy (non-hydrogen) atoms. The lowest BCUT2D eigenvalue weighted by Gasteiger charge is -2.21. The van der Waals surface area contributed by atoms with E-state index in [1.807, 2.05) is 0 Å². The van der Waals surface area contributed by atoms with Crippen molar-refractivity contribution in [1.82, 2.24) is 19.5 Å². The summed E-state index contributed by atoms with van der Waals surface area (Å²) in [5.41, 5.74) is 10.5. The molecule has 0 N–H and O–H groups in total. The van der Waals surface area contributed by atoms with Crippen molar-refractivity contribution >= 4 is 64.9 Å². The van der Waals surface area contributed by atoms with Gasteiger partial charge in [0.2, 0.25) is 0 Å². The summed E-state index contributed by atoms with van der Waals surface area (Å²) in [7, 11) is 0. The van der Waals surface area contributed by atoms with Gasteiger partial charge in [-0.3, -0.25) is 0 Å². The van der Waals surface area contributed by atoms with Crippen molar-refractivity contribution in [2.45, 2.75) is 0 Å². The zero-order valence-electron chi connectivity index (χ0n) is 35.2. The SMILES string of the molecule is c1ccc(-c2cc(-c3nc(-c4cccc5ccccc45)nc(-c4cccc5ccccc45)n3)cc(-c3ccccc3)c2-n2c3cc4ccccc4cc3c3c4ccccc4ccc32)cc1. The average Bonchev–Trinajstić information content (AvgIpc) is 3.70. The summed E-state index contributed by atoms with van der Waals surface area (Å²) in [6.07, 6.45) is 0. The highest BCUT2D eigenvalue weighted by Gasteiger charge is 2.24. The predicted octanol–water partition coefficient (Wildman–Crippen LogP) is 15.9. The van der Waals surface area contributed by atoms with Crippen molar-refractivity contribution in [3.8, 4) is 62.1 Å². The van der Waals surface area contributed by atoms with Gasteiger partial charge in [0.25, 0.3) is 0 Å². The van der Waals surface area contributed by atoms with Crippen LogP contribution in [0.4, 0.5) is 0 Å². The molecule has 2 heterocycles. The molecule has 13 aromatic rings. The first-order valence-electron chi connectivity index (χ1n) is 22.1. The second-order valence-corrected chi connectivity index (χ2v) is 16.7. The van der Waals surface area contributed by atoms with Gasteiger partial charge in [0.1, 0.15) is 0 Å².